The van der Waals surface area contributed by atoms with Crippen LogP contribution in [0.5, 0.6) is 0 Å². The van der Waals surface area contributed by atoms with Gasteiger partial charge >= 0.3 is 5.69 Å². The highest BCUT2D eigenvalue weighted by Crippen LogP contribution is 1.97. The molecular weight excluding hydrogens is 242 g/mol. The minimum atomic E-state index is -0.663. The minimum absolute atomic E-state index is 0.0168. The molecule has 9 heteroatoms. The van der Waals surface area contributed by atoms with Gasteiger partial charge in [-0.3, -0.25) is 18.7 Å². The van der Waals surface area contributed by atoms with Gasteiger partial charge in [-0.25, -0.2) is 9.78 Å². The summed E-state index contributed by atoms with van der Waals surface area (Å²) in [6.07, 6.45) is 0.808. The van der Waals surface area contributed by atoms with Gasteiger partial charge in [0.05, 0.1) is 6.21 Å². The fraction of sp³-hybridized carbons (Fsp3) is 0.222. The SMILES string of the molecule is Cn1c(=O)c2nc(/C=N/O)c(=O)[nH]c2n(C)c1=O. The van der Waals surface area contributed by atoms with E-state index in [2.05, 4.69) is 15.1 Å². The molecule has 0 unspecified atom stereocenters. The van der Waals surface area contributed by atoms with Gasteiger partial charge in [-0.15, -0.1) is 0 Å². The highest BCUT2D eigenvalue weighted by Gasteiger charge is 2.12. The second-order valence-corrected chi connectivity index (χ2v) is 3.60. The molecule has 2 aromatic rings. The van der Waals surface area contributed by atoms with Gasteiger partial charge in [0.1, 0.15) is 5.65 Å². The number of hydrogen-bond acceptors (Lipinski definition) is 6. The predicted octanol–water partition coefficient (Wildman–Crippen LogP) is -1.87. The zero-order valence-corrected chi connectivity index (χ0v) is 9.54. The maximum absolute atomic E-state index is 11.8. The van der Waals surface area contributed by atoms with Crippen molar-refractivity contribution < 1.29 is 5.21 Å². The van der Waals surface area contributed by atoms with Crippen LogP contribution in [0.4, 0.5) is 0 Å². The Hall–Kier alpha value is -2.71. The highest BCUT2D eigenvalue weighted by atomic mass is 16.4. The molecule has 0 amide bonds. The van der Waals surface area contributed by atoms with Crippen LogP contribution in [0.25, 0.3) is 11.2 Å². The average molecular weight is 251 g/mol. The van der Waals surface area contributed by atoms with Crippen molar-refractivity contribution in [1.29, 1.82) is 0 Å². The summed E-state index contributed by atoms with van der Waals surface area (Å²) in [7, 11) is 2.71. The number of fused-ring (bicyclic) bond motifs is 1. The van der Waals surface area contributed by atoms with Gasteiger partial charge in [-0.05, 0) is 0 Å². The third kappa shape index (κ3) is 1.52. The van der Waals surface area contributed by atoms with Gasteiger partial charge in [0.25, 0.3) is 11.1 Å². The van der Waals surface area contributed by atoms with Crippen LogP contribution in [0, 0.1) is 0 Å². The van der Waals surface area contributed by atoms with Crippen LogP contribution in [0.3, 0.4) is 0 Å². The number of nitrogens with zero attached hydrogens (tertiary/aromatic N) is 4. The first-order chi connectivity index (χ1) is 8.47. The summed E-state index contributed by atoms with van der Waals surface area (Å²) < 4.78 is 1.97. The van der Waals surface area contributed by atoms with E-state index in [1.807, 2.05) is 0 Å². The van der Waals surface area contributed by atoms with E-state index in [9.17, 15) is 14.4 Å². The summed E-state index contributed by atoms with van der Waals surface area (Å²) in [6.45, 7) is 0. The number of aromatic amines is 1. The zero-order chi connectivity index (χ0) is 13.4. The molecule has 0 atom stereocenters. The summed E-state index contributed by atoms with van der Waals surface area (Å²) in [5.74, 6) is 0. The zero-order valence-electron chi connectivity index (χ0n) is 9.54. The highest BCUT2D eigenvalue weighted by molar-refractivity contribution is 5.79. The number of nitrogens with one attached hydrogen (secondary N) is 1. The number of oxime groups is 1. The van der Waals surface area contributed by atoms with E-state index in [4.69, 9.17) is 5.21 Å². The first kappa shape index (κ1) is 11.8. The van der Waals surface area contributed by atoms with Crippen molar-refractivity contribution in [2.45, 2.75) is 0 Å². The van der Waals surface area contributed by atoms with Crippen molar-refractivity contribution in [2.75, 3.05) is 0 Å². The van der Waals surface area contributed by atoms with Crippen LogP contribution in [-0.4, -0.2) is 30.5 Å². The molecule has 0 aromatic carbocycles. The number of rotatable bonds is 1. The molecule has 0 bridgehead atoms. The molecule has 2 N–H and O–H groups in total. The molecule has 0 radical (unpaired) electrons. The third-order valence-electron chi connectivity index (χ3n) is 2.52. The van der Waals surface area contributed by atoms with Crippen molar-refractivity contribution in [3.63, 3.8) is 0 Å². The summed E-state index contributed by atoms with van der Waals surface area (Å²) in [6, 6.07) is 0. The van der Waals surface area contributed by atoms with Crippen molar-refractivity contribution in [2.24, 2.45) is 19.3 Å². The molecule has 0 fully saturated rings. The molecule has 0 aliphatic rings. The lowest BCUT2D eigenvalue weighted by Crippen LogP contribution is -2.39. The Morgan fingerprint density at radius 1 is 1.28 bits per heavy atom. The fourth-order valence-electron chi connectivity index (χ4n) is 1.56. The molecule has 0 saturated heterocycles. The van der Waals surface area contributed by atoms with E-state index in [-0.39, 0.29) is 16.9 Å². The third-order valence-corrected chi connectivity index (χ3v) is 2.52. The van der Waals surface area contributed by atoms with Crippen LogP contribution in [0.15, 0.2) is 19.5 Å². The smallest absolute Gasteiger partial charge is 0.332 e. The van der Waals surface area contributed by atoms with Crippen LogP contribution >= 0.6 is 0 Å². The Morgan fingerprint density at radius 2 is 1.94 bits per heavy atom. The number of aryl methyl sites for hydroxylation is 1. The maximum Gasteiger partial charge on any atom is 0.332 e. The van der Waals surface area contributed by atoms with Crippen LogP contribution in [0.1, 0.15) is 5.69 Å². The summed E-state index contributed by atoms with van der Waals surface area (Å²) >= 11 is 0. The van der Waals surface area contributed by atoms with Gasteiger partial charge < -0.3 is 10.2 Å². The number of aromatic nitrogens is 4. The van der Waals surface area contributed by atoms with Crippen LogP contribution in [0.2, 0.25) is 0 Å². The molecule has 0 saturated carbocycles. The minimum Gasteiger partial charge on any atom is -0.411 e. The fourth-order valence-corrected chi connectivity index (χ4v) is 1.56. The second kappa shape index (κ2) is 3.95. The number of hydrogen-bond donors (Lipinski definition) is 2. The Labute approximate surface area is 98.6 Å². The monoisotopic (exact) mass is 251 g/mol. The second-order valence-electron chi connectivity index (χ2n) is 3.60. The Morgan fingerprint density at radius 3 is 2.56 bits per heavy atom. The van der Waals surface area contributed by atoms with E-state index in [1.54, 1.807) is 0 Å². The van der Waals surface area contributed by atoms with Crippen molar-refractivity contribution >= 4 is 17.4 Å². The van der Waals surface area contributed by atoms with Crippen molar-refractivity contribution in [3.8, 4) is 0 Å². The van der Waals surface area contributed by atoms with E-state index in [0.717, 1.165) is 15.3 Å². The standard InChI is InChI=1S/C9H9N5O4/c1-13-6-5(8(16)14(2)9(13)17)11-4(3-10-18)7(15)12-6/h3,18H,1-2H3,(H,12,15)/b10-3+. The molecule has 0 spiro atoms. The lowest BCUT2D eigenvalue weighted by Gasteiger charge is -2.06. The molecule has 2 aromatic heterocycles. The van der Waals surface area contributed by atoms with Gasteiger partial charge in [0, 0.05) is 14.1 Å². The summed E-state index contributed by atoms with van der Waals surface area (Å²) in [4.78, 5) is 41.1. The van der Waals surface area contributed by atoms with Gasteiger partial charge in [-0.2, -0.15) is 0 Å². The molecule has 0 aliphatic heterocycles. The van der Waals surface area contributed by atoms with E-state index < -0.39 is 16.8 Å². The van der Waals surface area contributed by atoms with Gasteiger partial charge in [0.2, 0.25) is 0 Å². The van der Waals surface area contributed by atoms with Gasteiger partial charge in [-0.1, -0.05) is 5.16 Å². The average Bonchev–Trinajstić information content (AvgIpc) is 2.36. The molecular formula is C9H9N5O4. The maximum atomic E-state index is 11.8. The van der Waals surface area contributed by atoms with E-state index in [1.165, 1.54) is 14.1 Å². The Kier molecular flexibility index (Phi) is 2.58. The summed E-state index contributed by atoms with van der Waals surface area (Å²) in [5.41, 5.74) is -2.17. The lowest BCUT2D eigenvalue weighted by atomic mass is 10.4. The predicted molar refractivity (Wildman–Crippen MR) is 62.2 cm³/mol. The van der Waals surface area contributed by atoms with Crippen LogP contribution < -0.4 is 16.8 Å². The van der Waals surface area contributed by atoms with Crippen molar-refractivity contribution in [1.82, 2.24) is 19.1 Å². The van der Waals surface area contributed by atoms with E-state index >= 15 is 0 Å². The molecule has 0 aliphatic carbocycles. The largest absolute Gasteiger partial charge is 0.411 e. The first-order valence-corrected chi connectivity index (χ1v) is 4.85. The molecule has 94 valence electrons. The van der Waals surface area contributed by atoms with E-state index in [0.29, 0.717) is 0 Å². The molecule has 9 nitrogen and oxygen atoms in total. The quantitative estimate of drug-likeness (QED) is 0.349. The first-order valence-electron chi connectivity index (χ1n) is 4.85. The Balaban J connectivity index is 3.09. The molecule has 2 heterocycles. The lowest BCUT2D eigenvalue weighted by molar-refractivity contribution is 0.321. The van der Waals surface area contributed by atoms with Crippen molar-refractivity contribution in [3.05, 3.63) is 36.9 Å². The Bertz CT molecular complexity index is 826. The number of H-pyrrole nitrogens is 1. The normalized spacial score (nSPS) is 11.4. The molecule has 18 heavy (non-hydrogen) atoms. The molecule has 2 rings (SSSR count). The van der Waals surface area contributed by atoms with Crippen LogP contribution in [-0.2, 0) is 14.1 Å². The topological polar surface area (TPSA) is 122 Å². The summed E-state index contributed by atoms with van der Waals surface area (Å²) in [5, 5.41) is 11.1. The van der Waals surface area contributed by atoms with Gasteiger partial charge in [0.15, 0.2) is 11.2 Å².